The van der Waals surface area contributed by atoms with E-state index in [1.165, 1.54) is 41.6 Å². The van der Waals surface area contributed by atoms with Gasteiger partial charge in [0, 0.05) is 19.3 Å². The lowest BCUT2D eigenvalue weighted by atomic mass is 9.96. The fourth-order valence-electron chi connectivity index (χ4n) is 2.74. The maximum absolute atomic E-state index is 2.44. The predicted molar refractivity (Wildman–Crippen MR) is 82.8 cm³/mol. The van der Waals surface area contributed by atoms with Crippen molar-refractivity contribution in [2.75, 3.05) is 18.5 Å². The van der Waals surface area contributed by atoms with Crippen molar-refractivity contribution in [3.8, 4) is 0 Å². The van der Waals surface area contributed by atoms with Crippen LogP contribution in [0.1, 0.15) is 57.2 Å². The first-order chi connectivity index (χ1) is 8.67. The summed E-state index contributed by atoms with van der Waals surface area (Å²) in [6, 6.07) is 4.84. The van der Waals surface area contributed by atoms with Crippen LogP contribution < -0.4 is 4.90 Å². The van der Waals surface area contributed by atoms with Crippen LogP contribution in [-0.4, -0.2) is 13.6 Å². The largest absolute Gasteiger partial charge is 0.374 e. The number of hydrogen-bond donors (Lipinski definition) is 0. The fraction of sp³-hybridized carbons (Fsp3) is 0.647. The highest BCUT2D eigenvalue weighted by Gasteiger charge is 2.12. The smallest absolute Gasteiger partial charge is 0.0428 e. The summed E-state index contributed by atoms with van der Waals surface area (Å²) in [5.74, 6) is 0. The first-order valence-electron chi connectivity index (χ1n) is 7.53. The first kappa shape index (κ1) is 15.1. The molecular weight excluding hydrogens is 218 g/mol. The molecule has 0 saturated heterocycles. The molecule has 0 bridgehead atoms. The third-order valence-electron chi connectivity index (χ3n) is 3.57. The van der Waals surface area contributed by atoms with Gasteiger partial charge in [-0.05, 0) is 42.4 Å². The van der Waals surface area contributed by atoms with Crippen molar-refractivity contribution >= 4 is 5.69 Å². The van der Waals surface area contributed by atoms with Crippen LogP contribution >= 0.6 is 0 Å². The lowest BCUT2D eigenvalue weighted by molar-refractivity contribution is 0.833. The van der Waals surface area contributed by atoms with Crippen molar-refractivity contribution < 1.29 is 0 Å². The molecule has 0 radical (unpaired) electrons. The number of aryl methyl sites for hydroxylation is 3. The minimum atomic E-state index is 1.13. The quantitative estimate of drug-likeness (QED) is 0.680. The van der Waals surface area contributed by atoms with Gasteiger partial charge in [-0.2, -0.15) is 0 Å². The Morgan fingerprint density at radius 1 is 0.889 bits per heavy atom. The number of rotatable bonds is 7. The van der Waals surface area contributed by atoms with E-state index in [0.29, 0.717) is 0 Å². The summed E-state index contributed by atoms with van der Waals surface area (Å²) < 4.78 is 0. The Bertz CT molecular complexity index is 343. The summed E-state index contributed by atoms with van der Waals surface area (Å²) in [4.78, 5) is 2.44. The third kappa shape index (κ3) is 3.51. The second-order valence-electron chi connectivity index (χ2n) is 5.14. The van der Waals surface area contributed by atoms with Crippen LogP contribution in [0.25, 0.3) is 0 Å². The molecule has 1 aromatic rings. The molecule has 0 aliphatic carbocycles. The van der Waals surface area contributed by atoms with Crippen molar-refractivity contribution in [2.45, 2.75) is 59.8 Å². The first-order valence-corrected chi connectivity index (χ1v) is 7.53. The normalized spacial score (nSPS) is 10.7. The molecule has 0 aliphatic rings. The molecule has 1 nitrogen and oxygen atoms in total. The highest BCUT2D eigenvalue weighted by atomic mass is 15.1. The van der Waals surface area contributed by atoms with Gasteiger partial charge < -0.3 is 4.90 Å². The molecule has 0 heterocycles. The number of hydrogen-bond acceptors (Lipinski definition) is 1. The Hall–Kier alpha value is -0.980. The summed E-state index contributed by atoms with van der Waals surface area (Å²) in [7, 11) is 2.23. The van der Waals surface area contributed by atoms with Crippen molar-refractivity contribution in [1.29, 1.82) is 0 Å². The van der Waals surface area contributed by atoms with Crippen molar-refractivity contribution in [3.63, 3.8) is 0 Å². The summed E-state index contributed by atoms with van der Waals surface area (Å²) in [6.45, 7) is 10.2. The van der Waals surface area contributed by atoms with Crippen LogP contribution in [0.3, 0.4) is 0 Å². The zero-order chi connectivity index (χ0) is 13.5. The van der Waals surface area contributed by atoms with E-state index in [4.69, 9.17) is 0 Å². The monoisotopic (exact) mass is 247 g/mol. The van der Waals surface area contributed by atoms with Crippen LogP contribution in [0, 0.1) is 0 Å². The van der Waals surface area contributed by atoms with Gasteiger partial charge in [-0.1, -0.05) is 46.2 Å². The molecular formula is C17H29N. The SMILES string of the molecule is CCCc1cc(CC)c(N(C)CCC)c(CC)c1. The standard InChI is InChI=1S/C17H29N/c1-6-10-14-12-15(8-3)17(16(9-4)13-14)18(5)11-7-2/h12-13H,6-11H2,1-5H3. The molecule has 1 rings (SSSR count). The van der Waals surface area contributed by atoms with Crippen LogP contribution in [0.2, 0.25) is 0 Å². The zero-order valence-corrected chi connectivity index (χ0v) is 12.8. The minimum Gasteiger partial charge on any atom is -0.374 e. The van der Waals surface area contributed by atoms with E-state index in [-0.39, 0.29) is 0 Å². The molecule has 0 unspecified atom stereocenters. The van der Waals surface area contributed by atoms with E-state index < -0.39 is 0 Å². The van der Waals surface area contributed by atoms with E-state index >= 15 is 0 Å². The van der Waals surface area contributed by atoms with Crippen molar-refractivity contribution in [2.24, 2.45) is 0 Å². The van der Waals surface area contributed by atoms with Crippen LogP contribution in [0.15, 0.2) is 12.1 Å². The van der Waals surface area contributed by atoms with Crippen LogP contribution in [-0.2, 0) is 19.3 Å². The Kier molecular flexibility index (Phi) is 6.24. The predicted octanol–water partition coefficient (Wildman–Crippen LogP) is 4.61. The molecule has 0 fully saturated rings. The molecule has 0 amide bonds. The zero-order valence-electron chi connectivity index (χ0n) is 12.8. The van der Waals surface area contributed by atoms with E-state index in [1.54, 1.807) is 0 Å². The number of nitrogens with zero attached hydrogens (tertiary/aromatic N) is 1. The Balaban J connectivity index is 3.20. The van der Waals surface area contributed by atoms with Gasteiger partial charge in [0.15, 0.2) is 0 Å². The van der Waals surface area contributed by atoms with E-state index in [2.05, 4.69) is 51.8 Å². The summed E-state index contributed by atoms with van der Waals surface area (Å²) in [5.41, 5.74) is 6.05. The Morgan fingerprint density at radius 3 is 1.83 bits per heavy atom. The molecule has 0 aromatic heterocycles. The average Bonchev–Trinajstić information content (AvgIpc) is 2.38. The third-order valence-corrected chi connectivity index (χ3v) is 3.57. The second kappa shape index (κ2) is 7.45. The average molecular weight is 247 g/mol. The lowest BCUT2D eigenvalue weighted by Crippen LogP contribution is -2.21. The van der Waals surface area contributed by atoms with Gasteiger partial charge in [0.1, 0.15) is 0 Å². The topological polar surface area (TPSA) is 3.24 Å². The van der Waals surface area contributed by atoms with Gasteiger partial charge in [0.25, 0.3) is 0 Å². The molecule has 1 aromatic carbocycles. The number of anilines is 1. The van der Waals surface area contributed by atoms with E-state index in [1.807, 2.05) is 0 Å². The summed E-state index contributed by atoms with van der Waals surface area (Å²) >= 11 is 0. The molecule has 0 aliphatic heterocycles. The van der Waals surface area contributed by atoms with Crippen LogP contribution in [0.5, 0.6) is 0 Å². The maximum atomic E-state index is 2.44. The van der Waals surface area contributed by atoms with Gasteiger partial charge in [-0.25, -0.2) is 0 Å². The molecule has 0 N–H and O–H groups in total. The lowest BCUT2D eigenvalue weighted by Gasteiger charge is -2.25. The molecule has 0 atom stereocenters. The molecule has 102 valence electrons. The fourth-order valence-corrected chi connectivity index (χ4v) is 2.74. The molecule has 0 saturated carbocycles. The Labute approximate surface area is 113 Å². The van der Waals surface area contributed by atoms with Crippen molar-refractivity contribution in [3.05, 3.63) is 28.8 Å². The maximum Gasteiger partial charge on any atom is 0.0428 e. The minimum absolute atomic E-state index is 1.13. The Morgan fingerprint density at radius 2 is 1.44 bits per heavy atom. The van der Waals surface area contributed by atoms with Gasteiger partial charge in [-0.15, -0.1) is 0 Å². The van der Waals surface area contributed by atoms with Gasteiger partial charge >= 0.3 is 0 Å². The summed E-state index contributed by atoms with van der Waals surface area (Å²) in [5, 5.41) is 0. The van der Waals surface area contributed by atoms with Gasteiger partial charge in [0.05, 0.1) is 0 Å². The van der Waals surface area contributed by atoms with Crippen LogP contribution in [0.4, 0.5) is 5.69 Å². The van der Waals surface area contributed by atoms with Crippen molar-refractivity contribution in [1.82, 2.24) is 0 Å². The molecule has 0 spiro atoms. The van der Waals surface area contributed by atoms with E-state index in [9.17, 15) is 0 Å². The van der Waals surface area contributed by atoms with Gasteiger partial charge in [0.2, 0.25) is 0 Å². The number of benzene rings is 1. The van der Waals surface area contributed by atoms with Gasteiger partial charge in [-0.3, -0.25) is 0 Å². The van der Waals surface area contributed by atoms with E-state index in [0.717, 1.165) is 19.4 Å². The highest BCUT2D eigenvalue weighted by molar-refractivity contribution is 5.61. The highest BCUT2D eigenvalue weighted by Crippen LogP contribution is 2.28. The second-order valence-corrected chi connectivity index (χ2v) is 5.14. The summed E-state index contributed by atoms with van der Waals surface area (Å²) in [6.07, 6.45) is 5.91. The molecule has 1 heteroatoms. The molecule has 18 heavy (non-hydrogen) atoms.